The summed E-state index contributed by atoms with van der Waals surface area (Å²) in [5, 5.41) is 18.2. The van der Waals surface area contributed by atoms with Crippen molar-refractivity contribution in [2.45, 2.75) is 24.7 Å². The fourth-order valence-corrected chi connectivity index (χ4v) is 1.22. The molecule has 0 aromatic heterocycles. The molecule has 0 amide bonds. The van der Waals surface area contributed by atoms with Gasteiger partial charge in [0.25, 0.3) is 0 Å². The zero-order chi connectivity index (χ0) is 8.97. The van der Waals surface area contributed by atoms with Crippen LogP contribution in [-0.4, -0.2) is 48.8 Å². The predicted octanol–water partition coefficient (Wildman–Crippen LogP) is -0.857. The third kappa shape index (κ3) is 1.90. The first-order valence-electron chi connectivity index (χ1n) is 4.31. The van der Waals surface area contributed by atoms with E-state index in [1.54, 1.807) is 0 Å². The van der Waals surface area contributed by atoms with Gasteiger partial charge in [-0.1, -0.05) is 0 Å². The van der Waals surface area contributed by atoms with Crippen molar-refractivity contribution in [2.75, 3.05) is 20.3 Å². The van der Waals surface area contributed by atoms with Gasteiger partial charge in [0.05, 0.1) is 14.1 Å². The van der Waals surface area contributed by atoms with Gasteiger partial charge >= 0.3 is 0 Å². The zero-order valence-corrected chi connectivity index (χ0v) is 6.27. The van der Waals surface area contributed by atoms with E-state index in [1.165, 1.54) is 0 Å². The van der Waals surface area contributed by atoms with E-state index in [1.807, 2.05) is 0 Å². The van der Waals surface area contributed by atoms with Crippen molar-refractivity contribution < 1.29 is 21.1 Å². The first-order chi connectivity index (χ1) is 5.79. The highest BCUT2D eigenvalue weighted by atomic mass is 16.6. The quantitative estimate of drug-likeness (QED) is 0.556. The van der Waals surface area contributed by atoms with Crippen molar-refractivity contribution in [3.8, 4) is 0 Å². The molecule has 4 nitrogen and oxygen atoms in total. The molecule has 0 aromatic carbocycles. The summed E-state index contributed by atoms with van der Waals surface area (Å²) in [6.45, 7) is 0.256. The van der Waals surface area contributed by atoms with E-state index in [9.17, 15) is 5.11 Å². The van der Waals surface area contributed by atoms with Gasteiger partial charge in [-0.05, 0) is 6.42 Å². The monoisotopic (exact) mass is 163 g/mol. The molecular formula is C7H14O4. The van der Waals surface area contributed by atoms with Gasteiger partial charge in [-0.3, -0.25) is 0 Å². The molecule has 0 spiro atoms. The minimum absolute atomic E-state index is 0.179. The molecule has 0 unspecified atom stereocenters. The molecule has 1 fully saturated rings. The topological polar surface area (TPSA) is 58.9 Å². The van der Waals surface area contributed by atoms with Crippen LogP contribution in [0, 0.1) is 0 Å². The zero-order valence-electron chi connectivity index (χ0n) is 7.27. The lowest BCUT2D eigenvalue weighted by Gasteiger charge is -2.33. The van der Waals surface area contributed by atoms with Crippen LogP contribution in [0.1, 0.15) is 7.79 Å². The molecule has 11 heavy (non-hydrogen) atoms. The fourth-order valence-electron chi connectivity index (χ4n) is 1.22. The molecular weight excluding hydrogens is 148 g/mol. The molecule has 0 radical (unpaired) electrons. The summed E-state index contributed by atoms with van der Waals surface area (Å²) in [6.07, 6.45) is -1.16. The van der Waals surface area contributed by atoms with Crippen molar-refractivity contribution in [2.24, 2.45) is 0 Å². The largest absolute Gasteiger partial charge is 0.394 e. The molecule has 66 valence electrons. The van der Waals surface area contributed by atoms with Crippen LogP contribution in [-0.2, 0) is 9.47 Å². The molecule has 1 aliphatic heterocycles. The van der Waals surface area contributed by atoms with Crippen molar-refractivity contribution in [1.82, 2.24) is 0 Å². The molecule has 1 heterocycles. The van der Waals surface area contributed by atoms with Gasteiger partial charge in [-0.25, -0.2) is 0 Å². The third-order valence-corrected chi connectivity index (χ3v) is 1.86. The first-order valence-corrected chi connectivity index (χ1v) is 3.61. The Kier molecular flexibility index (Phi) is 2.73. The minimum atomic E-state index is -0.624. The number of aliphatic hydroxyl groups is 2. The highest BCUT2D eigenvalue weighted by Crippen LogP contribution is 2.16. The summed E-state index contributed by atoms with van der Waals surface area (Å²) in [7, 11) is -0.221. The highest BCUT2D eigenvalue weighted by Gasteiger charge is 2.32. The van der Waals surface area contributed by atoms with Gasteiger partial charge in [0.2, 0.25) is 0 Å². The number of ether oxygens (including phenoxy) is 2. The molecule has 0 aliphatic carbocycles. The van der Waals surface area contributed by atoms with E-state index >= 15 is 0 Å². The van der Waals surface area contributed by atoms with Gasteiger partial charge in [0.1, 0.15) is 12.2 Å². The summed E-state index contributed by atoms with van der Waals surface area (Å²) in [5.74, 6) is 0. The third-order valence-electron chi connectivity index (χ3n) is 1.86. The van der Waals surface area contributed by atoms with Crippen molar-refractivity contribution in [3.63, 3.8) is 0 Å². The van der Waals surface area contributed by atoms with Crippen molar-refractivity contribution in [3.05, 3.63) is 0 Å². The second-order valence-electron chi connectivity index (χ2n) is 2.58. The maximum atomic E-state index is 9.40. The lowest BCUT2D eigenvalue weighted by Crippen LogP contribution is -2.47. The van der Waals surface area contributed by atoms with Crippen LogP contribution in [0.15, 0.2) is 0 Å². The number of hydrogen-bond acceptors (Lipinski definition) is 4. The van der Waals surface area contributed by atoms with Gasteiger partial charge in [-0.2, -0.15) is 0 Å². The fraction of sp³-hybridized carbons (Fsp3) is 1.00. The molecule has 4 heteroatoms. The van der Waals surface area contributed by atoms with E-state index in [-0.39, 0.29) is 13.7 Å². The van der Waals surface area contributed by atoms with Gasteiger partial charge in [0, 0.05) is 13.7 Å². The molecule has 1 saturated heterocycles. The second kappa shape index (κ2) is 4.01. The Hall–Kier alpha value is -0.160. The lowest BCUT2D eigenvalue weighted by molar-refractivity contribution is -0.159. The molecule has 0 saturated carbocycles. The van der Waals surface area contributed by atoms with Crippen molar-refractivity contribution >= 4 is 0 Å². The van der Waals surface area contributed by atoms with Crippen LogP contribution >= 0.6 is 0 Å². The minimum Gasteiger partial charge on any atom is -0.394 e. The van der Waals surface area contributed by atoms with Gasteiger partial charge in [-0.15, -0.1) is 0 Å². The summed E-state index contributed by atoms with van der Waals surface area (Å²) < 4.78 is 16.9. The van der Waals surface area contributed by atoms with Crippen molar-refractivity contribution in [1.29, 1.82) is 0 Å². The summed E-state index contributed by atoms with van der Waals surface area (Å²) >= 11 is 0. The Morgan fingerprint density at radius 1 is 1.82 bits per heavy atom. The molecule has 2 N–H and O–H groups in total. The number of rotatable bonds is 2. The number of methoxy groups -OCH3 is 1. The van der Waals surface area contributed by atoms with Gasteiger partial charge in [0.15, 0.2) is 0 Å². The van der Waals surface area contributed by atoms with Crippen LogP contribution in [0.25, 0.3) is 0 Å². The van der Waals surface area contributed by atoms with Crippen LogP contribution in [0.2, 0.25) is 0 Å². The van der Waals surface area contributed by atoms with Crippen LogP contribution in [0.5, 0.6) is 0 Å². The van der Waals surface area contributed by atoms with E-state index in [2.05, 4.69) is 0 Å². The van der Waals surface area contributed by atoms with E-state index in [0.717, 1.165) is 0 Å². The van der Waals surface area contributed by atoms with Crippen LogP contribution in [0.4, 0.5) is 0 Å². The average molecular weight is 163 g/mol. The van der Waals surface area contributed by atoms with Gasteiger partial charge < -0.3 is 19.7 Å². The predicted molar refractivity (Wildman–Crippen MR) is 38.2 cm³/mol. The molecule has 1 rings (SSSR count). The summed E-state index contributed by atoms with van der Waals surface area (Å²) in [5.41, 5.74) is 0. The number of aliphatic hydroxyl groups excluding tert-OH is 2. The Balaban J connectivity index is 2.47. The van der Waals surface area contributed by atoms with E-state index in [0.29, 0.717) is 13.0 Å². The standard InChI is InChI=1S/C7H14O4/c1-10-7-5(9)2-3-11-6(7)4-8/h5-9H,2-4H2,1H3/t5-,6-,7-/m1/s1/i1D. The summed E-state index contributed by atoms with van der Waals surface area (Å²) in [4.78, 5) is 0. The highest BCUT2D eigenvalue weighted by molar-refractivity contribution is 4.81. The molecule has 0 bridgehead atoms. The Morgan fingerprint density at radius 3 is 3.27 bits per heavy atom. The Morgan fingerprint density at radius 2 is 2.64 bits per heavy atom. The maximum absolute atomic E-state index is 9.40. The normalized spacial score (nSPS) is 40.2. The van der Waals surface area contributed by atoms with Crippen LogP contribution < -0.4 is 0 Å². The summed E-state index contributed by atoms with van der Waals surface area (Å²) in [6, 6.07) is 0. The number of hydrogen-bond donors (Lipinski definition) is 2. The molecule has 1 aliphatic rings. The SMILES string of the molecule is [2H]CO[C@@H]1[C@H](O)CCO[C@@H]1CO. The average Bonchev–Trinajstić information content (AvgIpc) is 2.09. The second-order valence-corrected chi connectivity index (χ2v) is 2.58. The smallest absolute Gasteiger partial charge is 0.111 e. The molecule has 0 aromatic rings. The Labute approximate surface area is 67.1 Å². The molecule has 3 atom stereocenters. The maximum Gasteiger partial charge on any atom is 0.111 e. The van der Waals surface area contributed by atoms with E-state index in [4.69, 9.17) is 16.0 Å². The Bertz CT molecular complexity index is 133. The lowest BCUT2D eigenvalue weighted by atomic mass is 10.0. The first kappa shape index (κ1) is 7.49. The van der Waals surface area contributed by atoms with Crippen LogP contribution in [0.3, 0.4) is 0 Å². The van der Waals surface area contributed by atoms with E-state index < -0.39 is 18.3 Å².